The second-order valence-electron chi connectivity index (χ2n) is 6.74. The summed E-state index contributed by atoms with van der Waals surface area (Å²) in [5, 5.41) is 0. The van der Waals surface area contributed by atoms with Crippen molar-refractivity contribution in [2.75, 3.05) is 6.61 Å². The van der Waals surface area contributed by atoms with Crippen LogP contribution in [0.3, 0.4) is 0 Å². The molecule has 2 aromatic carbocycles. The first-order chi connectivity index (χ1) is 11.5. The fraction of sp³-hybridized carbons (Fsp3) is 0.381. The minimum atomic E-state index is 0.758. The number of aromatic nitrogens is 2. The molecular weight excluding hydrogens is 296 g/mol. The van der Waals surface area contributed by atoms with Crippen LogP contribution in [0.4, 0.5) is 0 Å². The van der Waals surface area contributed by atoms with E-state index in [1.54, 1.807) is 0 Å². The fourth-order valence-corrected chi connectivity index (χ4v) is 3.08. The third-order valence-corrected chi connectivity index (χ3v) is 4.49. The molecular formula is C21H26N2O. The average Bonchev–Trinajstić information content (AvgIpc) is 2.89. The van der Waals surface area contributed by atoms with Crippen LogP contribution in [0.2, 0.25) is 0 Å². The van der Waals surface area contributed by atoms with Crippen LogP contribution in [-0.4, -0.2) is 16.2 Å². The fourth-order valence-electron chi connectivity index (χ4n) is 3.08. The number of imidazole rings is 1. The van der Waals surface area contributed by atoms with Gasteiger partial charge in [0.15, 0.2) is 0 Å². The van der Waals surface area contributed by atoms with E-state index in [0.29, 0.717) is 0 Å². The Labute approximate surface area is 144 Å². The van der Waals surface area contributed by atoms with E-state index >= 15 is 0 Å². The molecule has 0 N–H and O–H groups in total. The van der Waals surface area contributed by atoms with E-state index in [1.165, 1.54) is 27.8 Å². The Bertz CT molecular complexity index is 828. The molecule has 0 saturated heterocycles. The molecule has 0 amide bonds. The van der Waals surface area contributed by atoms with Crippen LogP contribution < -0.4 is 4.74 Å². The van der Waals surface area contributed by atoms with Crippen LogP contribution in [0.5, 0.6) is 5.75 Å². The molecule has 0 radical (unpaired) electrons. The van der Waals surface area contributed by atoms with E-state index in [1.807, 2.05) is 6.33 Å². The zero-order chi connectivity index (χ0) is 17.1. The highest BCUT2D eigenvalue weighted by molar-refractivity contribution is 5.77. The lowest BCUT2D eigenvalue weighted by Crippen LogP contribution is -2.02. The number of hydrogen-bond donors (Lipinski definition) is 0. The third kappa shape index (κ3) is 3.78. The Morgan fingerprint density at radius 1 is 0.875 bits per heavy atom. The van der Waals surface area contributed by atoms with E-state index in [-0.39, 0.29) is 0 Å². The van der Waals surface area contributed by atoms with E-state index in [9.17, 15) is 0 Å². The molecule has 0 aliphatic heterocycles. The highest BCUT2D eigenvalue weighted by atomic mass is 16.5. The normalized spacial score (nSPS) is 11.2. The quantitative estimate of drug-likeness (QED) is 0.588. The SMILES string of the molecule is Cc1cc(C)cc(OCCCCn2cnc3cc(C)c(C)cc32)c1. The summed E-state index contributed by atoms with van der Waals surface area (Å²) in [6.45, 7) is 10.2. The van der Waals surface area contributed by atoms with Crippen molar-refractivity contribution in [1.29, 1.82) is 0 Å². The lowest BCUT2D eigenvalue weighted by Gasteiger charge is -2.09. The van der Waals surface area contributed by atoms with Crippen LogP contribution in [0.1, 0.15) is 35.1 Å². The van der Waals surface area contributed by atoms with Crippen LogP contribution in [0.15, 0.2) is 36.7 Å². The molecule has 0 aliphatic carbocycles. The summed E-state index contributed by atoms with van der Waals surface area (Å²) in [5.74, 6) is 0.978. The molecule has 0 unspecified atom stereocenters. The van der Waals surface area contributed by atoms with Crippen molar-refractivity contribution in [2.45, 2.75) is 47.1 Å². The number of rotatable bonds is 6. The molecule has 3 heteroatoms. The molecule has 3 rings (SSSR count). The number of hydrogen-bond acceptors (Lipinski definition) is 2. The minimum Gasteiger partial charge on any atom is -0.494 e. The maximum Gasteiger partial charge on any atom is 0.119 e. The number of benzene rings is 2. The highest BCUT2D eigenvalue weighted by Crippen LogP contribution is 2.19. The van der Waals surface area contributed by atoms with Gasteiger partial charge in [0.1, 0.15) is 5.75 Å². The van der Waals surface area contributed by atoms with Gasteiger partial charge in [-0.05, 0) is 87.1 Å². The zero-order valence-electron chi connectivity index (χ0n) is 15.1. The van der Waals surface area contributed by atoms with Gasteiger partial charge in [-0.3, -0.25) is 0 Å². The van der Waals surface area contributed by atoms with Gasteiger partial charge in [0.2, 0.25) is 0 Å². The van der Waals surface area contributed by atoms with Gasteiger partial charge in [0.05, 0.1) is 24.0 Å². The van der Waals surface area contributed by atoms with Gasteiger partial charge in [-0.15, -0.1) is 0 Å². The Hall–Kier alpha value is -2.29. The van der Waals surface area contributed by atoms with Crippen molar-refractivity contribution < 1.29 is 4.74 Å². The van der Waals surface area contributed by atoms with Gasteiger partial charge in [0, 0.05) is 6.54 Å². The summed E-state index contributed by atoms with van der Waals surface area (Å²) in [6, 6.07) is 10.8. The summed E-state index contributed by atoms with van der Waals surface area (Å²) < 4.78 is 8.13. The van der Waals surface area contributed by atoms with Crippen molar-refractivity contribution in [3.05, 3.63) is 58.9 Å². The van der Waals surface area contributed by atoms with Gasteiger partial charge < -0.3 is 9.30 Å². The number of ether oxygens (including phenoxy) is 1. The molecule has 0 spiro atoms. The van der Waals surface area contributed by atoms with Gasteiger partial charge in [-0.25, -0.2) is 4.98 Å². The first-order valence-corrected chi connectivity index (χ1v) is 8.66. The molecule has 1 aromatic heterocycles. The van der Waals surface area contributed by atoms with Crippen LogP contribution in [0, 0.1) is 27.7 Å². The molecule has 0 bridgehead atoms. The summed E-state index contributed by atoms with van der Waals surface area (Å²) in [7, 11) is 0. The van der Waals surface area contributed by atoms with E-state index in [2.05, 4.69) is 67.6 Å². The Balaban J connectivity index is 1.52. The smallest absolute Gasteiger partial charge is 0.119 e. The standard InChI is InChI=1S/C21H26N2O/c1-15-9-16(2)11-19(10-15)24-8-6-5-7-23-14-22-20-12-17(3)18(4)13-21(20)23/h9-14H,5-8H2,1-4H3. The maximum absolute atomic E-state index is 5.88. The number of unbranched alkanes of at least 4 members (excludes halogenated alkanes) is 1. The Kier molecular flexibility index (Phi) is 4.89. The second kappa shape index (κ2) is 7.08. The number of fused-ring (bicyclic) bond motifs is 1. The van der Waals surface area contributed by atoms with E-state index in [0.717, 1.165) is 37.3 Å². The first kappa shape index (κ1) is 16.6. The molecule has 24 heavy (non-hydrogen) atoms. The van der Waals surface area contributed by atoms with Crippen molar-refractivity contribution in [3.63, 3.8) is 0 Å². The third-order valence-electron chi connectivity index (χ3n) is 4.49. The topological polar surface area (TPSA) is 27.1 Å². The van der Waals surface area contributed by atoms with Crippen LogP contribution >= 0.6 is 0 Å². The summed E-state index contributed by atoms with van der Waals surface area (Å²) in [5.41, 5.74) is 7.44. The van der Waals surface area contributed by atoms with E-state index < -0.39 is 0 Å². The Morgan fingerprint density at radius 3 is 2.33 bits per heavy atom. The molecule has 3 aromatic rings. The molecule has 0 aliphatic rings. The second-order valence-corrected chi connectivity index (χ2v) is 6.74. The molecule has 0 atom stereocenters. The van der Waals surface area contributed by atoms with E-state index in [4.69, 9.17) is 4.74 Å². The van der Waals surface area contributed by atoms with Gasteiger partial charge in [-0.2, -0.15) is 0 Å². The van der Waals surface area contributed by atoms with Crippen LogP contribution in [0.25, 0.3) is 11.0 Å². The molecule has 1 heterocycles. The number of aryl methyl sites for hydroxylation is 5. The molecule has 126 valence electrons. The van der Waals surface area contributed by atoms with Crippen LogP contribution in [-0.2, 0) is 6.54 Å². The first-order valence-electron chi connectivity index (χ1n) is 8.66. The molecule has 0 saturated carbocycles. The molecule has 3 nitrogen and oxygen atoms in total. The average molecular weight is 322 g/mol. The predicted octanol–water partition coefficient (Wildman–Crippen LogP) is 5.13. The minimum absolute atomic E-state index is 0.758. The largest absolute Gasteiger partial charge is 0.494 e. The van der Waals surface area contributed by atoms with Crippen molar-refractivity contribution >= 4 is 11.0 Å². The van der Waals surface area contributed by atoms with Crippen molar-refractivity contribution in [2.24, 2.45) is 0 Å². The van der Waals surface area contributed by atoms with Crippen molar-refractivity contribution in [3.8, 4) is 5.75 Å². The lowest BCUT2D eigenvalue weighted by atomic mass is 10.1. The summed E-state index contributed by atoms with van der Waals surface area (Å²) >= 11 is 0. The summed E-state index contributed by atoms with van der Waals surface area (Å²) in [6.07, 6.45) is 4.08. The van der Waals surface area contributed by atoms with Gasteiger partial charge >= 0.3 is 0 Å². The number of nitrogens with zero attached hydrogens (tertiary/aromatic N) is 2. The maximum atomic E-state index is 5.88. The summed E-state index contributed by atoms with van der Waals surface area (Å²) in [4.78, 5) is 4.52. The van der Waals surface area contributed by atoms with Gasteiger partial charge in [0.25, 0.3) is 0 Å². The zero-order valence-corrected chi connectivity index (χ0v) is 15.1. The highest BCUT2D eigenvalue weighted by Gasteiger charge is 2.05. The Morgan fingerprint density at radius 2 is 1.58 bits per heavy atom. The van der Waals surface area contributed by atoms with Crippen molar-refractivity contribution in [1.82, 2.24) is 9.55 Å². The van der Waals surface area contributed by atoms with Gasteiger partial charge in [-0.1, -0.05) is 6.07 Å². The molecule has 0 fully saturated rings. The predicted molar refractivity (Wildman–Crippen MR) is 99.9 cm³/mol. The lowest BCUT2D eigenvalue weighted by molar-refractivity contribution is 0.303. The monoisotopic (exact) mass is 322 g/mol.